The van der Waals surface area contributed by atoms with Gasteiger partial charge in [-0.3, -0.25) is 14.7 Å². The number of nitrogens with one attached hydrogen (secondary N) is 3. The number of aromatic nitrogens is 3. The van der Waals surface area contributed by atoms with E-state index in [4.69, 9.17) is 4.42 Å². The summed E-state index contributed by atoms with van der Waals surface area (Å²) in [7, 11) is 0. The molecule has 0 bridgehead atoms. The zero-order valence-electron chi connectivity index (χ0n) is 18.6. The van der Waals surface area contributed by atoms with Gasteiger partial charge in [0.05, 0.1) is 11.9 Å². The highest BCUT2D eigenvalue weighted by atomic mass is 16.4. The van der Waals surface area contributed by atoms with E-state index in [9.17, 15) is 9.59 Å². The van der Waals surface area contributed by atoms with E-state index in [1.54, 1.807) is 6.07 Å². The van der Waals surface area contributed by atoms with Crippen molar-refractivity contribution in [1.29, 1.82) is 0 Å². The van der Waals surface area contributed by atoms with Crippen LogP contribution in [-0.4, -0.2) is 39.1 Å². The third kappa shape index (κ3) is 4.90. The minimum absolute atomic E-state index is 0.109. The number of aromatic amines is 1. The van der Waals surface area contributed by atoms with Gasteiger partial charge < -0.3 is 15.1 Å². The van der Waals surface area contributed by atoms with Crippen LogP contribution in [0.4, 0.5) is 0 Å². The number of H-pyrrole nitrogens is 1. The molecule has 8 nitrogen and oxygen atoms in total. The first-order chi connectivity index (χ1) is 15.5. The van der Waals surface area contributed by atoms with Crippen molar-refractivity contribution in [2.24, 2.45) is 5.92 Å². The topological polar surface area (TPSA) is 113 Å². The molecular formula is C24H29N5O3. The number of amides is 2. The molecule has 2 aromatic heterocycles. The molecule has 32 heavy (non-hydrogen) atoms. The number of benzene rings is 1. The molecule has 168 valence electrons. The summed E-state index contributed by atoms with van der Waals surface area (Å²) in [6.07, 6.45) is 5.50. The van der Waals surface area contributed by atoms with E-state index in [-0.39, 0.29) is 29.7 Å². The van der Waals surface area contributed by atoms with Gasteiger partial charge in [0.1, 0.15) is 5.69 Å². The molecule has 0 saturated heterocycles. The van der Waals surface area contributed by atoms with Crippen molar-refractivity contribution in [2.45, 2.75) is 58.5 Å². The average Bonchev–Trinajstić information content (AvgIpc) is 3.33. The van der Waals surface area contributed by atoms with Gasteiger partial charge in [-0.25, -0.2) is 4.98 Å². The summed E-state index contributed by atoms with van der Waals surface area (Å²) in [5.74, 6) is 0.701. The van der Waals surface area contributed by atoms with E-state index in [0.717, 1.165) is 24.0 Å². The van der Waals surface area contributed by atoms with Gasteiger partial charge >= 0.3 is 0 Å². The van der Waals surface area contributed by atoms with Crippen molar-refractivity contribution in [3.8, 4) is 22.7 Å². The minimum Gasteiger partial charge on any atom is -0.431 e. The Morgan fingerprint density at radius 1 is 1.12 bits per heavy atom. The number of nitrogens with zero attached hydrogens (tertiary/aromatic N) is 2. The standard InChI is InChI=1S/C24H29N5O3/c1-4-18(5-2)27-23(31)21-13-25-24(32-21)17-8-6-7-16(11-17)19-12-20(29-28-19)22(30)26-14(3)15-9-10-15/h6-8,11-15,18H,4-5,9-10H2,1-3H3,(H,26,30)(H,27,31)(H,28,29). The average molecular weight is 436 g/mol. The molecule has 4 rings (SSSR count). The lowest BCUT2D eigenvalue weighted by molar-refractivity contribution is 0.0905. The summed E-state index contributed by atoms with van der Waals surface area (Å²) in [5, 5.41) is 13.1. The molecule has 0 radical (unpaired) electrons. The predicted molar refractivity (Wildman–Crippen MR) is 121 cm³/mol. The van der Waals surface area contributed by atoms with Gasteiger partial charge in [0.15, 0.2) is 0 Å². The first kappa shape index (κ1) is 21.8. The summed E-state index contributed by atoms with van der Waals surface area (Å²) in [6.45, 7) is 6.10. The van der Waals surface area contributed by atoms with Crippen LogP contribution >= 0.6 is 0 Å². The molecule has 8 heteroatoms. The molecule has 2 heterocycles. The molecule has 0 spiro atoms. The van der Waals surface area contributed by atoms with Crippen molar-refractivity contribution in [1.82, 2.24) is 25.8 Å². The van der Waals surface area contributed by atoms with E-state index in [1.807, 2.05) is 45.0 Å². The summed E-state index contributed by atoms with van der Waals surface area (Å²) < 4.78 is 5.71. The second-order valence-electron chi connectivity index (χ2n) is 8.36. The van der Waals surface area contributed by atoms with Crippen molar-refractivity contribution in [3.05, 3.63) is 48.0 Å². The van der Waals surface area contributed by atoms with Crippen molar-refractivity contribution in [3.63, 3.8) is 0 Å². The number of hydrogen-bond donors (Lipinski definition) is 3. The molecule has 0 aliphatic heterocycles. The Morgan fingerprint density at radius 3 is 2.59 bits per heavy atom. The Bertz CT molecular complexity index is 1030. The fourth-order valence-electron chi connectivity index (χ4n) is 3.66. The zero-order valence-corrected chi connectivity index (χ0v) is 18.6. The smallest absolute Gasteiger partial charge is 0.288 e. The summed E-state index contributed by atoms with van der Waals surface area (Å²) >= 11 is 0. The number of carbonyl (C=O) groups is 2. The highest BCUT2D eigenvalue weighted by molar-refractivity contribution is 5.93. The van der Waals surface area contributed by atoms with Crippen LogP contribution in [0.15, 0.2) is 40.9 Å². The molecule has 1 atom stereocenters. The van der Waals surface area contributed by atoms with Crippen LogP contribution in [0.1, 0.15) is 67.5 Å². The Labute approximate surface area is 187 Å². The van der Waals surface area contributed by atoms with Gasteiger partial charge in [-0.05, 0) is 56.7 Å². The summed E-state index contributed by atoms with van der Waals surface area (Å²) in [6, 6.07) is 9.50. The number of hydrogen-bond acceptors (Lipinski definition) is 5. The molecule has 3 N–H and O–H groups in total. The van der Waals surface area contributed by atoms with Gasteiger partial charge in [-0.1, -0.05) is 26.0 Å². The molecule has 1 saturated carbocycles. The van der Waals surface area contributed by atoms with Crippen LogP contribution in [-0.2, 0) is 0 Å². The van der Waals surface area contributed by atoms with Crippen molar-refractivity contribution >= 4 is 11.8 Å². The van der Waals surface area contributed by atoms with E-state index >= 15 is 0 Å². The van der Waals surface area contributed by atoms with Crippen LogP contribution in [0.3, 0.4) is 0 Å². The maximum atomic E-state index is 12.5. The maximum absolute atomic E-state index is 12.5. The SMILES string of the molecule is CCC(CC)NC(=O)c1cnc(-c2cccc(-c3cc(C(=O)NC(C)C4CC4)[nH]n3)c2)o1. The molecule has 1 aromatic carbocycles. The van der Waals surface area contributed by atoms with Gasteiger partial charge in [0.25, 0.3) is 11.8 Å². The van der Waals surface area contributed by atoms with E-state index < -0.39 is 0 Å². The Morgan fingerprint density at radius 2 is 1.88 bits per heavy atom. The molecular weight excluding hydrogens is 406 g/mol. The van der Waals surface area contributed by atoms with Crippen LogP contribution in [0, 0.1) is 5.92 Å². The predicted octanol–water partition coefficient (Wildman–Crippen LogP) is 4.18. The third-order valence-corrected chi connectivity index (χ3v) is 5.97. The maximum Gasteiger partial charge on any atom is 0.288 e. The summed E-state index contributed by atoms with van der Waals surface area (Å²) in [5.41, 5.74) is 2.61. The van der Waals surface area contributed by atoms with Crippen molar-refractivity contribution < 1.29 is 14.0 Å². The first-order valence-electron chi connectivity index (χ1n) is 11.2. The van der Waals surface area contributed by atoms with Gasteiger partial charge in [0, 0.05) is 23.2 Å². The highest BCUT2D eigenvalue weighted by Gasteiger charge is 2.29. The molecule has 1 aliphatic carbocycles. The Hall–Kier alpha value is -3.42. The molecule has 1 unspecified atom stereocenters. The largest absolute Gasteiger partial charge is 0.431 e. The number of rotatable bonds is 9. The lowest BCUT2D eigenvalue weighted by Gasteiger charge is -2.12. The van der Waals surface area contributed by atoms with Gasteiger partial charge in [0.2, 0.25) is 11.7 Å². The number of oxazole rings is 1. The van der Waals surface area contributed by atoms with E-state index in [2.05, 4.69) is 25.8 Å². The lowest BCUT2D eigenvalue weighted by Crippen LogP contribution is -2.34. The molecule has 2 amide bonds. The van der Waals surface area contributed by atoms with Gasteiger partial charge in [-0.15, -0.1) is 0 Å². The fraction of sp³-hybridized carbons (Fsp3) is 0.417. The van der Waals surface area contributed by atoms with Crippen LogP contribution in [0.2, 0.25) is 0 Å². The van der Waals surface area contributed by atoms with Crippen LogP contribution < -0.4 is 10.6 Å². The fourth-order valence-corrected chi connectivity index (χ4v) is 3.66. The van der Waals surface area contributed by atoms with E-state index in [1.165, 1.54) is 19.0 Å². The minimum atomic E-state index is -0.267. The first-order valence-corrected chi connectivity index (χ1v) is 11.2. The summed E-state index contributed by atoms with van der Waals surface area (Å²) in [4.78, 5) is 29.1. The number of carbonyl (C=O) groups excluding carboxylic acids is 2. The van der Waals surface area contributed by atoms with Crippen molar-refractivity contribution in [2.75, 3.05) is 0 Å². The molecule has 3 aromatic rings. The highest BCUT2D eigenvalue weighted by Crippen LogP contribution is 2.32. The third-order valence-electron chi connectivity index (χ3n) is 5.97. The van der Waals surface area contributed by atoms with Crippen LogP contribution in [0.5, 0.6) is 0 Å². The van der Waals surface area contributed by atoms with Gasteiger partial charge in [-0.2, -0.15) is 5.10 Å². The molecule has 1 aliphatic rings. The lowest BCUT2D eigenvalue weighted by atomic mass is 10.1. The Balaban J connectivity index is 1.47. The molecule has 1 fully saturated rings. The monoisotopic (exact) mass is 435 g/mol. The quantitative estimate of drug-likeness (QED) is 0.467. The van der Waals surface area contributed by atoms with Crippen LogP contribution in [0.25, 0.3) is 22.7 Å². The second kappa shape index (κ2) is 9.38. The zero-order chi connectivity index (χ0) is 22.7. The second-order valence-corrected chi connectivity index (χ2v) is 8.36. The van der Waals surface area contributed by atoms with E-state index in [0.29, 0.717) is 23.2 Å². The Kier molecular flexibility index (Phi) is 6.39. The normalized spacial score (nSPS) is 14.4.